The molecule has 0 aromatic rings. The molecule has 0 amide bonds. The zero-order valence-electron chi connectivity index (χ0n) is 13.9. The molecule has 0 spiro atoms. The van der Waals surface area contributed by atoms with Gasteiger partial charge in [0.05, 0.1) is 6.61 Å². The average molecular weight is 284 g/mol. The number of nitrogens with zero attached hydrogens (tertiary/aromatic N) is 1. The van der Waals surface area contributed by atoms with Crippen molar-refractivity contribution in [2.45, 2.75) is 77.4 Å². The van der Waals surface area contributed by atoms with E-state index in [2.05, 4.69) is 24.1 Å². The van der Waals surface area contributed by atoms with Crippen LogP contribution >= 0.6 is 0 Å². The number of ether oxygens (including phenoxy) is 1. The molecule has 0 aromatic carbocycles. The maximum atomic E-state index is 12.2. The van der Waals surface area contributed by atoms with E-state index in [1.54, 1.807) is 0 Å². The molecule has 1 aliphatic rings. The maximum Gasteiger partial charge on any atom is 0.326 e. The van der Waals surface area contributed by atoms with Crippen LogP contribution in [0.5, 0.6) is 0 Å². The summed E-state index contributed by atoms with van der Waals surface area (Å²) < 4.78 is 5.22. The van der Waals surface area contributed by atoms with E-state index in [1.165, 1.54) is 25.7 Å². The van der Waals surface area contributed by atoms with Gasteiger partial charge in [-0.1, -0.05) is 19.8 Å². The molecule has 1 fully saturated rings. The van der Waals surface area contributed by atoms with E-state index in [1.807, 2.05) is 20.9 Å². The van der Waals surface area contributed by atoms with E-state index in [0.29, 0.717) is 18.7 Å². The summed E-state index contributed by atoms with van der Waals surface area (Å²) in [5, 5.41) is 3.16. The fourth-order valence-corrected chi connectivity index (χ4v) is 3.45. The number of esters is 1. The summed E-state index contributed by atoms with van der Waals surface area (Å²) in [6, 6.07) is 1.07. The zero-order valence-corrected chi connectivity index (χ0v) is 13.9. The quantitative estimate of drug-likeness (QED) is 0.696. The van der Waals surface area contributed by atoms with Gasteiger partial charge in [0.2, 0.25) is 0 Å². The van der Waals surface area contributed by atoms with Crippen molar-refractivity contribution in [3.05, 3.63) is 0 Å². The summed E-state index contributed by atoms with van der Waals surface area (Å²) in [6.07, 6.45) is 6.07. The minimum atomic E-state index is -0.596. The molecule has 4 nitrogen and oxygen atoms in total. The lowest BCUT2D eigenvalue weighted by Gasteiger charge is -2.38. The number of carbonyl (C=O) groups is 1. The van der Waals surface area contributed by atoms with Crippen molar-refractivity contribution in [1.82, 2.24) is 10.2 Å². The number of carbonyl (C=O) groups excluding carboxylic acids is 1. The van der Waals surface area contributed by atoms with Crippen LogP contribution in [0.15, 0.2) is 0 Å². The standard InChI is InChI=1S/C16H32N2O2/c1-6-18(14-10-8-9-11-14)13(3)12-16(4,17-5)15(19)20-7-2/h13-14,17H,6-12H2,1-5H3. The van der Waals surface area contributed by atoms with E-state index in [-0.39, 0.29) is 5.97 Å². The van der Waals surface area contributed by atoms with Crippen LogP contribution in [-0.4, -0.2) is 48.7 Å². The molecule has 118 valence electrons. The number of nitrogens with one attached hydrogen (secondary N) is 1. The normalized spacial score (nSPS) is 20.9. The topological polar surface area (TPSA) is 41.6 Å². The molecule has 1 N–H and O–H groups in total. The average Bonchev–Trinajstić information content (AvgIpc) is 2.93. The van der Waals surface area contributed by atoms with Crippen LogP contribution < -0.4 is 5.32 Å². The molecule has 20 heavy (non-hydrogen) atoms. The van der Waals surface area contributed by atoms with Crippen molar-refractivity contribution in [2.24, 2.45) is 0 Å². The van der Waals surface area contributed by atoms with Crippen molar-refractivity contribution in [3.8, 4) is 0 Å². The lowest BCUT2D eigenvalue weighted by molar-refractivity contribution is -0.151. The second kappa shape index (κ2) is 7.99. The van der Waals surface area contributed by atoms with Crippen LogP contribution in [0, 0.1) is 0 Å². The van der Waals surface area contributed by atoms with E-state index in [9.17, 15) is 4.79 Å². The molecule has 0 aliphatic heterocycles. The molecule has 0 bridgehead atoms. The van der Waals surface area contributed by atoms with Crippen molar-refractivity contribution in [2.75, 3.05) is 20.2 Å². The van der Waals surface area contributed by atoms with Gasteiger partial charge >= 0.3 is 5.97 Å². The summed E-state index contributed by atoms with van der Waals surface area (Å²) in [4.78, 5) is 14.7. The highest BCUT2D eigenvalue weighted by atomic mass is 16.5. The van der Waals surface area contributed by atoms with Crippen LogP contribution in [-0.2, 0) is 9.53 Å². The molecule has 0 radical (unpaired) electrons. The SMILES string of the molecule is CCOC(=O)C(C)(CC(C)N(CC)C1CCCC1)NC. The Morgan fingerprint density at radius 2 is 2.00 bits per heavy atom. The first-order chi connectivity index (χ1) is 9.48. The summed E-state index contributed by atoms with van der Waals surface area (Å²) in [7, 11) is 1.84. The van der Waals surface area contributed by atoms with Crippen molar-refractivity contribution >= 4 is 5.97 Å². The summed E-state index contributed by atoms with van der Waals surface area (Å²) >= 11 is 0. The molecule has 0 aromatic heterocycles. The van der Waals surface area contributed by atoms with Gasteiger partial charge in [0.1, 0.15) is 5.54 Å². The zero-order chi connectivity index (χ0) is 15.2. The highest BCUT2D eigenvalue weighted by Gasteiger charge is 2.37. The van der Waals surface area contributed by atoms with Gasteiger partial charge in [-0.3, -0.25) is 9.69 Å². The Labute approximate surface area is 124 Å². The van der Waals surface area contributed by atoms with E-state index in [0.717, 1.165) is 13.0 Å². The van der Waals surface area contributed by atoms with Crippen LogP contribution in [0.1, 0.15) is 59.8 Å². The Morgan fingerprint density at radius 1 is 1.40 bits per heavy atom. The molecule has 4 heteroatoms. The van der Waals surface area contributed by atoms with Crippen LogP contribution in [0.25, 0.3) is 0 Å². The Morgan fingerprint density at radius 3 is 2.45 bits per heavy atom. The monoisotopic (exact) mass is 284 g/mol. The first kappa shape index (κ1) is 17.4. The van der Waals surface area contributed by atoms with Gasteiger partial charge in [-0.2, -0.15) is 0 Å². The molecule has 2 unspecified atom stereocenters. The van der Waals surface area contributed by atoms with Gasteiger partial charge in [0, 0.05) is 12.1 Å². The predicted octanol–water partition coefficient (Wildman–Crippen LogP) is 2.57. The fourth-order valence-electron chi connectivity index (χ4n) is 3.45. The largest absolute Gasteiger partial charge is 0.465 e. The van der Waals surface area contributed by atoms with Gasteiger partial charge in [-0.05, 0) is 53.6 Å². The van der Waals surface area contributed by atoms with E-state index < -0.39 is 5.54 Å². The summed E-state index contributed by atoms with van der Waals surface area (Å²) in [5.74, 6) is -0.142. The Kier molecular flexibility index (Phi) is 6.96. The number of rotatable bonds is 8. The molecule has 2 atom stereocenters. The molecule has 0 heterocycles. The highest BCUT2D eigenvalue weighted by Crippen LogP contribution is 2.27. The second-order valence-corrected chi connectivity index (χ2v) is 6.12. The molecular formula is C16H32N2O2. The maximum absolute atomic E-state index is 12.2. The Balaban J connectivity index is 2.68. The number of likely N-dealkylation sites (N-methyl/N-ethyl adjacent to an activating group) is 1. The highest BCUT2D eigenvalue weighted by molar-refractivity contribution is 5.80. The fraction of sp³-hybridized carbons (Fsp3) is 0.938. The third-order valence-corrected chi connectivity index (χ3v) is 4.71. The summed E-state index contributed by atoms with van der Waals surface area (Å²) in [5.41, 5.74) is -0.596. The van der Waals surface area contributed by atoms with E-state index >= 15 is 0 Å². The van der Waals surface area contributed by atoms with Crippen molar-refractivity contribution in [1.29, 1.82) is 0 Å². The predicted molar refractivity (Wildman–Crippen MR) is 82.8 cm³/mol. The molecular weight excluding hydrogens is 252 g/mol. The van der Waals surface area contributed by atoms with Crippen molar-refractivity contribution in [3.63, 3.8) is 0 Å². The Bertz CT molecular complexity index is 303. The van der Waals surface area contributed by atoms with Crippen LogP contribution in [0.2, 0.25) is 0 Å². The number of hydrogen-bond acceptors (Lipinski definition) is 4. The second-order valence-electron chi connectivity index (χ2n) is 6.12. The molecule has 1 saturated carbocycles. The lowest BCUT2D eigenvalue weighted by atomic mass is 9.92. The van der Waals surface area contributed by atoms with E-state index in [4.69, 9.17) is 4.74 Å². The summed E-state index contributed by atoms with van der Waals surface area (Å²) in [6.45, 7) is 9.74. The van der Waals surface area contributed by atoms with Gasteiger partial charge in [-0.15, -0.1) is 0 Å². The smallest absolute Gasteiger partial charge is 0.326 e. The number of hydrogen-bond donors (Lipinski definition) is 1. The van der Waals surface area contributed by atoms with Gasteiger partial charge in [-0.25, -0.2) is 0 Å². The van der Waals surface area contributed by atoms with Gasteiger partial charge in [0.15, 0.2) is 0 Å². The molecule has 0 saturated heterocycles. The minimum absolute atomic E-state index is 0.142. The van der Waals surface area contributed by atoms with Crippen LogP contribution in [0.3, 0.4) is 0 Å². The third-order valence-electron chi connectivity index (χ3n) is 4.71. The molecule has 1 aliphatic carbocycles. The van der Waals surface area contributed by atoms with Gasteiger partial charge < -0.3 is 10.1 Å². The molecule has 1 rings (SSSR count). The van der Waals surface area contributed by atoms with Crippen LogP contribution in [0.4, 0.5) is 0 Å². The van der Waals surface area contributed by atoms with Gasteiger partial charge in [0.25, 0.3) is 0 Å². The third kappa shape index (κ3) is 4.19. The first-order valence-corrected chi connectivity index (χ1v) is 8.10. The Hall–Kier alpha value is -0.610. The first-order valence-electron chi connectivity index (χ1n) is 8.10. The lowest BCUT2D eigenvalue weighted by Crippen LogP contribution is -2.54. The minimum Gasteiger partial charge on any atom is -0.465 e. The van der Waals surface area contributed by atoms with Crippen molar-refractivity contribution < 1.29 is 9.53 Å².